The second-order valence-corrected chi connectivity index (χ2v) is 3.53. The number of hydrogen-bond acceptors (Lipinski definition) is 3. The summed E-state index contributed by atoms with van der Waals surface area (Å²) in [5, 5.41) is 3.35. The maximum Gasteiger partial charge on any atom is 0.213 e. The van der Waals surface area contributed by atoms with Gasteiger partial charge in [-0.2, -0.15) is 0 Å². The fraction of sp³-hybridized carbons (Fsp3) is 0.250. The minimum atomic E-state index is 0.654. The highest BCUT2D eigenvalue weighted by Crippen LogP contribution is 2.08. The standard InChI is InChI=1S/C12H15N3O/c1-16-12-6-10(3-5-15-12)7-14-9-11-2-4-13-8-11/h2-6,8,13-14H,7,9H2,1H3. The van der Waals surface area contributed by atoms with Gasteiger partial charge in [0.05, 0.1) is 7.11 Å². The Morgan fingerprint density at radius 3 is 2.94 bits per heavy atom. The van der Waals surface area contributed by atoms with E-state index in [4.69, 9.17) is 4.74 Å². The van der Waals surface area contributed by atoms with Crippen LogP contribution in [0.1, 0.15) is 11.1 Å². The number of aromatic amines is 1. The predicted octanol–water partition coefficient (Wildman–Crippen LogP) is 1.71. The quantitative estimate of drug-likeness (QED) is 0.801. The molecule has 0 fully saturated rings. The molecule has 0 saturated carbocycles. The highest BCUT2D eigenvalue weighted by molar-refractivity contribution is 5.20. The molecule has 2 N–H and O–H groups in total. The van der Waals surface area contributed by atoms with E-state index >= 15 is 0 Å². The van der Waals surface area contributed by atoms with Crippen molar-refractivity contribution in [3.8, 4) is 5.88 Å². The highest BCUT2D eigenvalue weighted by atomic mass is 16.5. The SMILES string of the molecule is COc1cc(CNCc2cc[nH]c2)ccn1. The van der Waals surface area contributed by atoms with Crippen molar-refractivity contribution in [1.29, 1.82) is 0 Å². The molecule has 0 aliphatic heterocycles. The van der Waals surface area contributed by atoms with E-state index in [1.165, 1.54) is 11.1 Å². The number of rotatable bonds is 5. The molecule has 2 heterocycles. The number of nitrogens with one attached hydrogen (secondary N) is 2. The van der Waals surface area contributed by atoms with E-state index in [1.54, 1.807) is 13.3 Å². The normalized spacial score (nSPS) is 10.3. The van der Waals surface area contributed by atoms with Crippen molar-refractivity contribution in [2.45, 2.75) is 13.1 Å². The number of aromatic nitrogens is 2. The van der Waals surface area contributed by atoms with Crippen molar-refractivity contribution in [2.24, 2.45) is 0 Å². The number of pyridine rings is 1. The van der Waals surface area contributed by atoms with Crippen LogP contribution in [0.5, 0.6) is 5.88 Å². The van der Waals surface area contributed by atoms with E-state index in [0.717, 1.165) is 13.1 Å². The summed E-state index contributed by atoms with van der Waals surface area (Å²) in [5.74, 6) is 0.654. The molecule has 4 nitrogen and oxygen atoms in total. The summed E-state index contributed by atoms with van der Waals surface area (Å²) < 4.78 is 5.06. The first-order valence-electron chi connectivity index (χ1n) is 5.20. The molecule has 0 aliphatic rings. The van der Waals surface area contributed by atoms with Crippen LogP contribution in [0.25, 0.3) is 0 Å². The second-order valence-electron chi connectivity index (χ2n) is 3.53. The fourth-order valence-corrected chi connectivity index (χ4v) is 1.49. The summed E-state index contributed by atoms with van der Waals surface area (Å²) in [6.45, 7) is 1.66. The number of hydrogen-bond donors (Lipinski definition) is 2. The van der Waals surface area contributed by atoms with Crippen molar-refractivity contribution >= 4 is 0 Å². The molecule has 2 aromatic rings. The largest absolute Gasteiger partial charge is 0.481 e. The Kier molecular flexibility index (Phi) is 3.56. The van der Waals surface area contributed by atoms with Gasteiger partial charge in [-0.1, -0.05) is 0 Å². The van der Waals surface area contributed by atoms with Gasteiger partial charge in [0.25, 0.3) is 0 Å². The van der Waals surface area contributed by atoms with E-state index < -0.39 is 0 Å². The third-order valence-electron chi connectivity index (χ3n) is 2.33. The molecule has 4 heteroatoms. The van der Waals surface area contributed by atoms with Gasteiger partial charge >= 0.3 is 0 Å². The van der Waals surface area contributed by atoms with E-state index in [1.807, 2.05) is 24.5 Å². The summed E-state index contributed by atoms with van der Waals surface area (Å²) in [5.41, 5.74) is 2.42. The first-order chi connectivity index (χ1) is 7.88. The van der Waals surface area contributed by atoms with E-state index in [9.17, 15) is 0 Å². The van der Waals surface area contributed by atoms with Gasteiger partial charge in [0, 0.05) is 37.7 Å². The maximum absolute atomic E-state index is 5.06. The first kappa shape index (κ1) is 10.7. The molecule has 2 aromatic heterocycles. The molecule has 2 rings (SSSR count). The van der Waals surface area contributed by atoms with Crippen molar-refractivity contribution < 1.29 is 4.74 Å². The van der Waals surface area contributed by atoms with Crippen LogP contribution in [-0.4, -0.2) is 17.1 Å². The number of ether oxygens (including phenoxy) is 1. The summed E-state index contributed by atoms with van der Waals surface area (Å²) >= 11 is 0. The van der Waals surface area contributed by atoms with Gasteiger partial charge in [-0.15, -0.1) is 0 Å². The van der Waals surface area contributed by atoms with Gasteiger partial charge in [-0.25, -0.2) is 4.98 Å². The predicted molar refractivity (Wildman–Crippen MR) is 62.1 cm³/mol. The molecular weight excluding hydrogens is 202 g/mol. The topological polar surface area (TPSA) is 49.9 Å². The Morgan fingerprint density at radius 2 is 2.19 bits per heavy atom. The summed E-state index contributed by atoms with van der Waals surface area (Å²) in [7, 11) is 1.62. The molecule has 0 aliphatic carbocycles. The van der Waals surface area contributed by atoms with Gasteiger partial charge in [0.15, 0.2) is 0 Å². The van der Waals surface area contributed by atoms with Crippen molar-refractivity contribution in [3.63, 3.8) is 0 Å². The number of methoxy groups -OCH3 is 1. The molecule has 84 valence electrons. The molecule has 16 heavy (non-hydrogen) atoms. The van der Waals surface area contributed by atoms with E-state index in [0.29, 0.717) is 5.88 Å². The van der Waals surface area contributed by atoms with E-state index in [-0.39, 0.29) is 0 Å². The Labute approximate surface area is 94.7 Å². The van der Waals surface area contributed by atoms with Crippen LogP contribution < -0.4 is 10.1 Å². The van der Waals surface area contributed by atoms with Crippen molar-refractivity contribution in [2.75, 3.05) is 7.11 Å². The zero-order valence-corrected chi connectivity index (χ0v) is 9.23. The molecule has 0 bridgehead atoms. The Morgan fingerprint density at radius 1 is 1.31 bits per heavy atom. The van der Waals surface area contributed by atoms with Gasteiger partial charge in [-0.3, -0.25) is 0 Å². The summed E-state index contributed by atoms with van der Waals surface area (Å²) in [6.07, 6.45) is 5.67. The van der Waals surface area contributed by atoms with Crippen molar-refractivity contribution in [1.82, 2.24) is 15.3 Å². The fourth-order valence-electron chi connectivity index (χ4n) is 1.49. The first-order valence-corrected chi connectivity index (χ1v) is 5.20. The lowest BCUT2D eigenvalue weighted by Gasteiger charge is -2.04. The van der Waals surface area contributed by atoms with Gasteiger partial charge in [-0.05, 0) is 23.3 Å². The van der Waals surface area contributed by atoms with Crippen LogP contribution >= 0.6 is 0 Å². The summed E-state index contributed by atoms with van der Waals surface area (Å²) in [6, 6.07) is 5.97. The molecule has 0 unspecified atom stereocenters. The lowest BCUT2D eigenvalue weighted by molar-refractivity contribution is 0.397. The van der Waals surface area contributed by atoms with Gasteiger partial charge < -0.3 is 15.0 Å². The average Bonchev–Trinajstić information content (AvgIpc) is 2.82. The van der Waals surface area contributed by atoms with E-state index in [2.05, 4.69) is 21.4 Å². The lowest BCUT2D eigenvalue weighted by atomic mass is 10.2. The average molecular weight is 217 g/mol. The zero-order chi connectivity index (χ0) is 11.2. The van der Waals surface area contributed by atoms with Crippen LogP contribution in [-0.2, 0) is 13.1 Å². The van der Waals surface area contributed by atoms with Crippen LogP contribution in [0, 0.1) is 0 Å². The molecule has 0 spiro atoms. The Hall–Kier alpha value is -1.81. The van der Waals surface area contributed by atoms with Gasteiger partial charge in [0.2, 0.25) is 5.88 Å². The Balaban J connectivity index is 1.85. The maximum atomic E-state index is 5.06. The minimum Gasteiger partial charge on any atom is -0.481 e. The molecule has 0 saturated heterocycles. The molecular formula is C12H15N3O. The molecule has 0 amide bonds. The minimum absolute atomic E-state index is 0.654. The Bertz CT molecular complexity index is 426. The molecule has 0 radical (unpaired) electrons. The number of nitrogens with zero attached hydrogens (tertiary/aromatic N) is 1. The second kappa shape index (κ2) is 5.32. The number of H-pyrrole nitrogens is 1. The lowest BCUT2D eigenvalue weighted by Crippen LogP contribution is -2.12. The monoisotopic (exact) mass is 217 g/mol. The van der Waals surface area contributed by atoms with Gasteiger partial charge in [0.1, 0.15) is 0 Å². The van der Waals surface area contributed by atoms with Crippen LogP contribution in [0.4, 0.5) is 0 Å². The summed E-state index contributed by atoms with van der Waals surface area (Å²) in [4.78, 5) is 7.09. The highest BCUT2D eigenvalue weighted by Gasteiger charge is 1.97. The van der Waals surface area contributed by atoms with Crippen LogP contribution in [0.15, 0.2) is 36.8 Å². The van der Waals surface area contributed by atoms with Crippen molar-refractivity contribution in [3.05, 3.63) is 47.9 Å². The van der Waals surface area contributed by atoms with Crippen LogP contribution in [0.3, 0.4) is 0 Å². The van der Waals surface area contributed by atoms with Crippen LogP contribution in [0.2, 0.25) is 0 Å². The third-order valence-corrected chi connectivity index (χ3v) is 2.33. The smallest absolute Gasteiger partial charge is 0.213 e. The molecule has 0 atom stereocenters. The third kappa shape index (κ3) is 2.84. The molecule has 0 aromatic carbocycles. The zero-order valence-electron chi connectivity index (χ0n) is 9.23.